The highest BCUT2D eigenvalue weighted by Gasteiger charge is 2.27. The fourth-order valence-corrected chi connectivity index (χ4v) is 3.93. The smallest absolute Gasteiger partial charge is 0.323 e. The lowest BCUT2D eigenvalue weighted by molar-refractivity contribution is 0.0911. The van der Waals surface area contributed by atoms with Gasteiger partial charge in [0, 0.05) is 12.7 Å². The molecular weight excluding hydrogens is 380 g/mol. The lowest BCUT2D eigenvalue weighted by Gasteiger charge is -2.11. The van der Waals surface area contributed by atoms with Gasteiger partial charge in [0.2, 0.25) is 0 Å². The summed E-state index contributed by atoms with van der Waals surface area (Å²) in [7, 11) is -4.29. The largest absolute Gasteiger partial charge is 0.376 e. The summed E-state index contributed by atoms with van der Waals surface area (Å²) in [6.07, 6.45) is 1.41. The first-order valence-electron chi connectivity index (χ1n) is 8.23. The van der Waals surface area contributed by atoms with Gasteiger partial charge in [0.1, 0.15) is 9.73 Å². The Hall–Kier alpha value is -2.46. The number of nitrogens with zero attached hydrogens (tertiary/aromatic N) is 3. The Kier molecular flexibility index (Phi) is 5.76. The molecule has 144 valence electrons. The summed E-state index contributed by atoms with van der Waals surface area (Å²) in [5.74, 6) is -4.54. The van der Waals surface area contributed by atoms with Crippen LogP contribution in [0, 0.1) is 0 Å². The molecule has 1 saturated heterocycles. The van der Waals surface area contributed by atoms with Crippen LogP contribution in [0.15, 0.2) is 56.5 Å². The molecule has 0 bridgehead atoms. The molecule has 27 heavy (non-hydrogen) atoms. The second-order valence-electron chi connectivity index (χ2n) is 5.91. The minimum Gasteiger partial charge on any atom is -0.376 e. The number of ether oxygens (including phenoxy) is 1. The van der Waals surface area contributed by atoms with Crippen LogP contribution in [-0.2, 0) is 21.0 Å². The standard InChI is InChI=1S/C17H17F2N3O4S/c18-17(19)27(25,13-6-2-1-3-7-13)21-16(24)14-8-9-15(23)22(20-14)11-12-5-4-10-26-12/h1-3,6-9,12,17H,4-5,10-11H2. The van der Waals surface area contributed by atoms with Gasteiger partial charge >= 0.3 is 11.7 Å². The molecule has 1 aromatic heterocycles. The third-order valence-electron chi connectivity index (χ3n) is 4.03. The van der Waals surface area contributed by atoms with E-state index >= 15 is 0 Å². The summed E-state index contributed by atoms with van der Waals surface area (Å²) >= 11 is 0. The number of rotatable bonds is 5. The van der Waals surface area contributed by atoms with Gasteiger partial charge in [0.15, 0.2) is 5.69 Å². The fourth-order valence-electron chi connectivity index (χ4n) is 2.66. The van der Waals surface area contributed by atoms with E-state index in [2.05, 4.69) is 9.46 Å². The third kappa shape index (κ3) is 4.28. The van der Waals surface area contributed by atoms with Crippen molar-refractivity contribution in [3.8, 4) is 0 Å². The maximum absolute atomic E-state index is 13.4. The molecule has 10 heteroatoms. The summed E-state index contributed by atoms with van der Waals surface area (Å²) in [6.45, 7) is 0.726. The van der Waals surface area contributed by atoms with Gasteiger partial charge < -0.3 is 4.74 Å². The monoisotopic (exact) mass is 397 g/mol. The maximum Gasteiger partial charge on any atom is 0.323 e. The quantitative estimate of drug-likeness (QED) is 0.772. The molecule has 3 rings (SSSR count). The predicted molar refractivity (Wildman–Crippen MR) is 93.1 cm³/mol. The van der Waals surface area contributed by atoms with Crippen molar-refractivity contribution in [1.82, 2.24) is 9.78 Å². The molecular formula is C17H17F2N3O4S. The molecule has 1 amide bonds. The zero-order chi connectivity index (χ0) is 19.4. The Morgan fingerprint density at radius 2 is 2.04 bits per heavy atom. The Balaban J connectivity index is 1.95. The minimum absolute atomic E-state index is 0.142. The van der Waals surface area contributed by atoms with Gasteiger partial charge in [0.25, 0.3) is 5.56 Å². The van der Waals surface area contributed by atoms with Crippen LogP contribution in [0.5, 0.6) is 0 Å². The average molecular weight is 397 g/mol. The van der Waals surface area contributed by atoms with E-state index in [0.717, 1.165) is 29.7 Å². The molecule has 1 fully saturated rings. The van der Waals surface area contributed by atoms with E-state index in [0.29, 0.717) is 6.61 Å². The van der Waals surface area contributed by atoms with Crippen molar-refractivity contribution in [3.05, 3.63) is 58.5 Å². The van der Waals surface area contributed by atoms with Crippen LogP contribution in [0.25, 0.3) is 0 Å². The molecule has 0 radical (unpaired) electrons. The van der Waals surface area contributed by atoms with Crippen molar-refractivity contribution in [2.75, 3.05) is 6.61 Å². The summed E-state index contributed by atoms with van der Waals surface area (Å²) in [5.41, 5.74) is -0.795. The van der Waals surface area contributed by atoms with Gasteiger partial charge in [-0.3, -0.25) is 9.59 Å². The minimum atomic E-state index is -4.29. The van der Waals surface area contributed by atoms with Crippen LogP contribution in [0.4, 0.5) is 8.78 Å². The highest BCUT2D eigenvalue weighted by atomic mass is 32.2. The van der Waals surface area contributed by atoms with E-state index in [9.17, 15) is 22.6 Å². The lowest BCUT2D eigenvalue weighted by Crippen LogP contribution is -2.29. The van der Waals surface area contributed by atoms with Crippen LogP contribution in [-0.4, -0.2) is 38.4 Å². The SMILES string of the molecule is O=C(N=S(=O)(c1ccccc1)C(F)F)c1ccc(=O)n(CC2CCCO2)n1. The van der Waals surface area contributed by atoms with Gasteiger partial charge in [0.05, 0.1) is 17.5 Å². The second-order valence-corrected chi connectivity index (χ2v) is 8.06. The number of halogens is 2. The van der Waals surface area contributed by atoms with Crippen LogP contribution < -0.4 is 5.56 Å². The number of carbonyl (C=O) groups excluding carboxylic acids is 1. The van der Waals surface area contributed by atoms with Gasteiger partial charge in [-0.1, -0.05) is 18.2 Å². The van der Waals surface area contributed by atoms with Gasteiger partial charge in [-0.2, -0.15) is 13.9 Å². The number of hydrogen-bond acceptors (Lipinski definition) is 5. The molecule has 0 N–H and O–H groups in total. The summed E-state index contributed by atoms with van der Waals surface area (Å²) < 4.78 is 49.3. The molecule has 2 heterocycles. The molecule has 0 spiro atoms. The van der Waals surface area contributed by atoms with Crippen molar-refractivity contribution in [2.45, 2.75) is 36.1 Å². The topological polar surface area (TPSA) is 90.6 Å². The maximum atomic E-state index is 13.4. The Bertz CT molecular complexity index is 995. The van der Waals surface area contributed by atoms with E-state index < -0.39 is 27.0 Å². The van der Waals surface area contributed by atoms with Crippen LogP contribution >= 0.6 is 0 Å². The molecule has 1 aliphatic rings. The molecule has 2 unspecified atom stereocenters. The number of aromatic nitrogens is 2. The molecule has 0 saturated carbocycles. The average Bonchev–Trinajstić information content (AvgIpc) is 3.17. The Morgan fingerprint density at radius 3 is 2.67 bits per heavy atom. The van der Waals surface area contributed by atoms with Crippen LogP contribution in [0.2, 0.25) is 0 Å². The third-order valence-corrected chi connectivity index (χ3v) is 5.89. The first-order chi connectivity index (χ1) is 12.9. The van der Waals surface area contributed by atoms with Gasteiger partial charge in [-0.15, -0.1) is 4.36 Å². The van der Waals surface area contributed by atoms with E-state index in [1.807, 2.05) is 0 Å². The molecule has 1 aliphatic heterocycles. The molecule has 2 aromatic rings. The predicted octanol–water partition coefficient (Wildman–Crippen LogP) is 2.31. The number of amides is 1. The zero-order valence-electron chi connectivity index (χ0n) is 14.2. The fraction of sp³-hybridized carbons (Fsp3) is 0.353. The van der Waals surface area contributed by atoms with E-state index in [-0.39, 0.29) is 23.2 Å². The summed E-state index contributed by atoms with van der Waals surface area (Å²) in [5, 5.41) is 3.88. The van der Waals surface area contributed by atoms with Crippen molar-refractivity contribution < 1.29 is 22.5 Å². The first kappa shape index (κ1) is 19.3. The Labute approximate surface area is 154 Å². The van der Waals surface area contributed by atoms with E-state index in [1.54, 1.807) is 6.07 Å². The number of carbonyl (C=O) groups is 1. The van der Waals surface area contributed by atoms with Crippen molar-refractivity contribution in [3.63, 3.8) is 0 Å². The van der Waals surface area contributed by atoms with Crippen molar-refractivity contribution in [2.24, 2.45) is 4.36 Å². The summed E-state index contributed by atoms with van der Waals surface area (Å²) in [6, 6.07) is 9.04. The highest BCUT2D eigenvalue weighted by Crippen LogP contribution is 2.22. The number of benzene rings is 1. The Morgan fingerprint density at radius 1 is 1.30 bits per heavy atom. The van der Waals surface area contributed by atoms with Crippen LogP contribution in [0.1, 0.15) is 23.3 Å². The van der Waals surface area contributed by atoms with Crippen molar-refractivity contribution in [1.29, 1.82) is 0 Å². The van der Waals surface area contributed by atoms with Crippen molar-refractivity contribution >= 4 is 15.6 Å². The normalized spacial score (nSPS) is 19.0. The second kappa shape index (κ2) is 8.05. The van der Waals surface area contributed by atoms with Gasteiger partial charge in [-0.05, 0) is 31.0 Å². The lowest BCUT2D eigenvalue weighted by atomic mass is 10.2. The first-order valence-corrected chi connectivity index (χ1v) is 9.81. The molecule has 0 aliphatic carbocycles. The van der Waals surface area contributed by atoms with E-state index in [1.165, 1.54) is 24.3 Å². The van der Waals surface area contributed by atoms with Crippen LogP contribution in [0.3, 0.4) is 0 Å². The highest BCUT2D eigenvalue weighted by molar-refractivity contribution is 7.94. The zero-order valence-corrected chi connectivity index (χ0v) is 15.0. The number of alkyl halides is 2. The van der Waals surface area contributed by atoms with E-state index in [4.69, 9.17) is 4.74 Å². The molecule has 2 atom stereocenters. The molecule has 1 aromatic carbocycles. The summed E-state index contributed by atoms with van der Waals surface area (Å²) in [4.78, 5) is 24.0. The molecule has 7 nitrogen and oxygen atoms in total. The van der Waals surface area contributed by atoms with Gasteiger partial charge in [-0.25, -0.2) is 8.89 Å². The number of hydrogen-bond donors (Lipinski definition) is 0.